The predicted molar refractivity (Wildman–Crippen MR) is 106 cm³/mol. The third-order valence-electron chi connectivity index (χ3n) is 4.76. The van der Waals surface area contributed by atoms with Crippen LogP contribution in [-0.4, -0.2) is 99.5 Å². The van der Waals surface area contributed by atoms with Crippen molar-refractivity contribution in [2.45, 2.75) is 59.2 Å². The van der Waals surface area contributed by atoms with Crippen LogP contribution in [-0.2, 0) is 9.47 Å². The molecule has 2 rings (SSSR count). The lowest BCUT2D eigenvalue weighted by molar-refractivity contribution is 0.0478. The van der Waals surface area contributed by atoms with Crippen LogP contribution in [0.3, 0.4) is 0 Å². The van der Waals surface area contributed by atoms with Gasteiger partial charge in [0, 0.05) is 39.3 Å². The fourth-order valence-electron chi connectivity index (χ4n) is 3.09. The minimum Gasteiger partial charge on any atom is -0.377 e. The predicted octanol–water partition coefficient (Wildman–Crippen LogP) is 2.56. The van der Waals surface area contributed by atoms with E-state index in [1.54, 1.807) is 0 Å². The highest BCUT2D eigenvalue weighted by atomic mass is 16.5. The molecule has 0 aromatic carbocycles. The van der Waals surface area contributed by atoms with E-state index in [0.717, 1.165) is 26.3 Å². The van der Waals surface area contributed by atoms with Crippen LogP contribution < -0.4 is 0 Å². The molecule has 0 amide bonds. The molecule has 2 heterocycles. The number of piperazine rings is 1. The zero-order chi connectivity index (χ0) is 18.5. The first kappa shape index (κ1) is 22.8. The molecule has 0 aromatic rings. The number of piperidine rings is 1. The van der Waals surface area contributed by atoms with Gasteiger partial charge in [-0.15, -0.1) is 0 Å². The normalized spacial score (nSPS) is 20.8. The van der Waals surface area contributed by atoms with E-state index in [0.29, 0.717) is 12.2 Å². The van der Waals surface area contributed by atoms with E-state index in [1.807, 2.05) is 0 Å². The van der Waals surface area contributed by atoms with Crippen molar-refractivity contribution in [2.24, 2.45) is 0 Å². The van der Waals surface area contributed by atoms with Crippen LogP contribution in [0.1, 0.15) is 47.0 Å². The summed E-state index contributed by atoms with van der Waals surface area (Å²) in [5, 5.41) is 0. The van der Waals surface area contributed by atoms with Crippen molar-refractivity contribution in [1.82, 2.24) is 14.7 Å². The van der Waals surface area contributed by atoms with Crippen molar-refractivity contribution < 1.29 is 9.47 Å². The highest BCUT2D eigenvalue weighted by molar-refractivity contribution is 4.68. The van der Waals surface area contributed by atoms with Crippen molar-refractivity contribution in [1.29, 1.82) is 0 Å². The second-order valence-corrected chi connectivity index (χ2v) is 7.89. The monoisotopic (exact) mass is 357 g/mol. The Labute approximate surface area is 156 Å². The molecule has 0 spiro atoms. The Bertz CT molecular complexity index is 299. The maximum atomic E-state index is 5.52. The molecule has 5 nitrogen and oxygen atoms in total. The maximum Gasteiger partial charge on any atom is 0.0596 e. The summed E-state index contributed by atoms with van der Waals surface area (Å²) in [6.45, 7) is 19.7. The van der Waals surface area contributed by atoms with Crippen molar-refractivity contribution in [3.8, 4) is 0 Å². The number of likely N-dealkylation sites (N-methyl/N-ethyl adjacent to an activating group) is 1. The van der Waals surface area contributed by atoms with Gasteiger partial charge in [0.2, 0.25) is 0 Å². The summed E-state index contributed by atoms with van der Waals surface area (Å²) in [6, 6.07) is 0. The minimum atomic E-state index is 0.368. The molecular formula is C20H43N3O2. The van der Waals surface area contributed by atoms with Gasteiger partial charge in [-0.2, -0.15) is 0 Å². The standard InChI is InChI=1S/C10H22N2O.C10H21NO/c1-10(2)13-9-8-12-6-4-11(3)5-7-12;1-10(2)12-9-8-11-6-4-3-5-7-11/h10H,4-9H2,1-3H3;10H,3-9H2,1-2H3. The number of hydrogen-bond acceptors (Lipinski definition) is 5. The largest absolute Gasteiger partial charge is 0.377 e. The van der Waals surface area contributed by atoms with Crippen LogP contribution in [0.4, 0.5) is 0 Å². The molecule has 0 N–H and O–H groups in total. The van der Waals surface area contributed by atoms with Gasteiger partial charge in [-0.3, -0.25) is 4.90 Å². The van der Waals surface area contributed by atoms with E-state index in [9.17, 15) is 0 Å². The number of ether oxygens (including phenoxy) is 2. The summed E-state index contributed by atoms with van der Waals surface area (Å²) in [5.41, 5.74) is 0. The average molecular weight is 358 g/mol. The quantitative estimate of drug-likeness (QED) is 0.666. The molecule has 0 aromatic heterocycles. The molecule has 2 saturated heterocycles. The summed E-state index contributed by atoms with van der Waals surface area (Å²) >= 11 is 0. The number of rotatable bonds is 8. The molecule has 2 fully saturated rings. The van der Waals surface area contributed by atoms with Crippen molar-refractivity contribution in [3.05, 3.63) is 0 Å². The Morgan fingerprint density at radius 2 is 1.08 bits per heavy atom. The Morgan fingerprint density at radius 3 is 1.52 bits per heavy atom. The van der Waals surface area contributed by atoms with Gasteiger partial charge in [-0.25, -0.2) is 0 Å². The van der Waals surface area contributed by atoms with Gasteiger partial charge in [0.1, 0.15) is 0 Å². The number of nitrogens with zero attached hydrogens (tertiary/aromatic N) is 3. The number of likely N-dealkylation sites (tertiary alicyclic amines) is 1. The Morgan fingerprint density at radius 1 is 0.640 bits per heavy atom. The van der Waals surface area contributed by atoms with Crippen LogP contribution in [0.15, 0.2) is 0 Å². The van der Waals surface area contributed by atoms with E-state index in [-0.39, 0.29) is 0 Å². The molecule has 25 heavy (non-hydrogen) atoms. The summed E-state index contributed by atoms with van der Waals surface area (Å²) in [4.78, 5) is 7.36. The summed E-state index contributed by atoms with van der Waals surface area (Å²) in [6.07, 6.45) is 4.92. The minimum absolute atomic E-state index is 0.368. The Balaban J connectivity index is 0.000000251. The highest BCUT2D eigenvalue weighted by Crippen LogP contribution is 2.07. The molecule has 150 valence electrons. The molecule has 0 saturated carbocycles. The SMILES string of the molecule is CC(C)OCCN1CCCCC1.CC(C)OCCN1CCN(C)CC1. The van der Waals surface area contributed by atoms with Crippen molar-refractivity contribution in [3.63, 3.8) is 0 Å². The second kappa shape index (κ2) is 13.9. The molecule has 2 aliphatic rings. The van der Waals surface area contributed by atoms with E-state index >= 15 is 0 Å². The van der Waals surface area contributed by atoms with Gasteiger partial charge in [0.15, 0.2) is 0 Å². The van der Waals surface area contributed by atoms with E-state index in [4.69, 9.17) is 9.47 Å². The fraction of sp³-hybridized carbons (Fsp3) is 1.00. The van der Waals surface area contributed by atoms with E-state index < -0.39 is 0 Å². The Kier molecular flexibility index (Phi) is 12.7. The molecule has 0 radical (unpaired) electrons. The molecule has 0 atom stereocenters. The highest BCUT2D eigenvalue weighted by Gasteiger charge is 2.13. The van der Waals surface area contributed by atoms with Crippen molar-refractivity contribution in [2.75, 3.05) is 72.6 Å². The van der Waals surface area contributed by atoms with Gasteiger partial charge >= 0.3 is 0 Å². The van der Waals surface area contributed by atoms with Gasteiger partial charge in [0.05, 0.1) is 25.4 Å². The van der Waals surface area contributed by atoms with Gasteiger partial charge in [-0.1, -0.05) is 6.42 Å². The lowest BCUT2D eigenvalue weighted by Gasteiger charge is -2.32. The van der Waals surface area contributed by atoms with Gasteiger partial charge in [-0.05, 0) is 60.7 Å². The topological polar surface area (TPSA) is 28.2 Å². The molecule has 0 aliphatic carbocycles. The maximum absolute atomic E-state index is 5.52. The lowest BCUT2D eigenvalue weighted by Crippen LogP contribution is -2.45. The third kappa shape index (κ3) is 12.7. The van der Waals surface area contributed by atoms with Gasteiger partial charge < -0.3 is 19.3 Å². The first-order valence-electron chi connectivity index (χ1n) is 10.3. The fourth-order valence-corrected chi connectivity index (χ4v) is 3.09. The Hall–Kier alpha value is -0.200. The van der Waals surface area contributed by atoms with Gasteiger partial charge in [0.25, 0.3) is 0 Å². The smallest absolute Gasteiger partial charge is 0.0596 e. The van der Waals surface area contributed by atoms with E-state index in [1.165, 1.54) is 58.5 Å². The third-order valence-corrected chi connectivity index (χ3v) is 4.76. The van der Waals surface area contributed by atoms with E-state index in [2.05, 4.69) is 49.4 Å². The second-order valence-electron chi connectivity index (χ2n) is 7.89. The number of hydrogen-bond donors (Lipinski definition) is 0. The summed E-state index contributed by atoms with van der Waals surface area (Å²) in [5.74, 6) is 0. The molecular weight excluding hydrogens is 314 g/mol. The zero-order valence-corrected chi connectivity index (χ0v) is 17.5. The molecule has 0 unspecified atom stereocenters. The molecule has 5 heteroatoms. The average Bonchev–Trinajstić information content (AvgIpc) is 2.58. The summed E-state index contributed by atoms with van der Waals surface area (Å²) < 4.78 is 11.0. The first-order chi connectivity index (χ1) is 12.0. The van der Waals surface area contributed by atoms with Crippen LogP contribution in [0.25, 0.3) is 0 Å². The van der Waals surface area contributed by atoms with Crippen LogP contribution in [0.5, 0.6) is 0 Å². The summed E-state index contributed by atoms with van der Waals surface area (Å²) in [7, 11) is 2.18. The van der Waals surface area contributed by atoms with Crippen molar-refractivity contribution >= 4 is 0 Å². The van der Waals surface area contributed by atoms with Crippen LogP contribution in [0, 0.1) is 0 Å². The lowest BCUT2D eigenvalue weighted by atomic mass is 10.1. The van der Waals surface area contributed by atoms with Crippen LogP contribution in [0.2, 0.25) is 0 Å². The molecule has 0 bridgehead atoms. The van der Waals surface area contributed by atoms with Crippen LogP contribution >= 0.6 is 0 Å². The molecule has 2 aliphatic heterocycles. The zero-order valence-electron chi connectivity index (χ0n) is 17.5. The first-order valence-corrected chi connectivity index (χ1v) is 10.3.